The Bertz CT molecular complexity index is 1310. The number of aliphatic hydroxyl groups excluding tert-OH is 1. The predicted molar refractivity (Wildman–Crippen MR) is 149 cm³/mol. The first-order valence-electron chi connectivity index (χ1n) is 13.8. The molecule has 0 aromatic heterocycles. The van der Waals surface area contributed by atoms with Crippen LogP contribution in [0.5, 0.6) is 11.5 Å². The normalized spacial score (nSPS) is 17.7. The van der Waals surface area contributed by atoms with E-state index in [2.05, 4.69) is 6.58 Å². The number of hydrogen-bond donors (Lipinski definition) is 1. The number of benzene rings is 3. The Labute approximate surface area is 233 Å². The predicted octanol–water partition coefficient (Wildman–Crippen LogP) is 8.44. The van der Waals surface area contributed by atoms with E-state index in [1.165, 1.54) is 18.2 Å². The largest absolute Gasteiger partial charge is 0.490 e. The summed E-state index contributed by atoms with van der Waals surface area (Å²) < 4.78 is 55.0. The van der Waals surface area contributed by atoms with Gasteiger partial charge in [0.05, 0.1) is 18.6 Å². The van der Waals surface area contributed by atoms with Gasteiger partial charge in [-0.15, -0.1) is 6.58 Å². The molecule has 0 heterocycles. The summed E-state index contributed by atoms with van der Waals surface area (Å²) in [6, 6.07) is 14.2. The van der Waals surface area contributed by atoms with Gasteiger partial charge in [0, 0.05) is 5.56 Å². The van der Waals surface area contributed by atoms with Crippen molar-refractivity contribution in [3.05, 3.63) is 95.8 Å². The molecule has 1 N–H and O–H groups in total. The summed E-state index contributed by atoms with van der Waals surface area (Å²) in [6.07, 6.45) is 5.46. The van der Waals surface area contributed by atoms with Crippen molar-refractivity contribution in [1.82, 2.24) is 0 Å². The number of carbonyl (C=O) groups excluding carboxylic acids is 1. The zero-order valence-corrected chi connectivity index (χ0v) is 22.7. The lowest BCUT2D eigenvalue weighted by Crippen LogP contribution is -2.25. The van der Waals surface area contributed by atoms with Crippen LogP contribution in [0.25, 0.3) is 11.1 Å². The highest BCUT2D eigenvalue weighted by Gasteiger charge is 2.30. The zero-order valence-electron chi connectivity index (χ0n) is 22.7. The van der Waals surface area contributed by atoms with Gasteiger partial charge in [-0.25, -0.2) is 8.78 Å². The number of halogens is 3. The molecule has 0 aliphatic heterocycles. The number of ether oxygens (including phenoxy) is 2. The van der Waals surface area contributed by atoms with Gasteiger partial charge in [0.2, 0.25) is 5.82 Å². The molecule has 7 heteroatoms. The third kappa shape index (κ3) is 6.94. The molecule has 3 aromatic carbocycles. The van der Waals surface area contributed by atoms with Crippen molar-refractivity contribution in [3.63, 3.8) is 0 Å². The molecule has 1 unspecified atom stereocenters. The average Bonchev–Trinajstić information content (AvgIpc) is 2.97. The third-order valence-corrected chi connectivity index (χ3v) is 7.49. The minimum Gasteiger partial charge on any atom is -0.490 e. The average molecular weight is 553 g/mol. The molecule has 1 aliphatic rings. The zero-order chi connectivity index (χ0) is 28.6. The van der Waals surface area contributed by atoms with Gasteiger partial charge >= 0.3 is 5.97 Å². The summed E-state index contributed by atoms with van der Waals surface area (Å²) in [5, 5.41) is 10.1. The molecule has 0 amide bonds. The minimum atomic E-state index is -1.22. The van der Waals surface area contributed by atoms with Crippen LogP contribution in [-0.4, -0.2) is 17.7 Å². The minimum absolute atomic E-state index is 0.0405. The van der Waals surface area contributed by atoms with Crippen LogP contribution in [-0.2, 0) is 4.79 Å². The van der Waals surface area contributed by atoms with Crippen LogP contribution in [0, 0.1) is 23.4 Å². The van der Waals surface area contributed by atoms with Gasteiger partial charge in [-0.3, -0.25) is 4.79 Å². The van der Waals surface area contributed by atoms with Gasteiger partial charge in [-0.05, 0) is 85.4 Å². The highest BCUT2D eigenvalue weighted by Crippen LogP contribution is 2.38. The van der Waals surface area contributed by atoms with Gasteiger partial charge < -0.3 is 14.6 Å². The quantitative estimate of drug-likeness (QED) is 0.112. The Morgan fingerprint density at radius 2 is 1.70 bits per heavy atom. The number of aliphatic hydroxyl groups is 1. The Morgan fingerprint density at radius 1 is 1.00 bits per heavy atom. The maximum Gasteiger partial charge on any atom is 0.314 e. The lowest BCUT2D eigenvalue weighted by Gasteiger charge is -2.27. The van der Waals surface area contributed by atoms with E-state index in [4.69, 9.17) is 9.47 Å². The molecule has 1 saturated carbocycles. The maximum atomic E-state index is 14.9. The second kappa shape index (κ2) is 13.7. The highest BCUT2D eigenvalue weighted by molar-refractivity contribution is 5.76. The maximum absolute atomic E-state index is 14.9. The van der Waals surface area contributed by atoms with E-state index in [9.17, 15) is 23.1 Å². The monoisotopic (exact) mass is 552 g/mol. The molecule has 1 atom stereocenters. The molecule has 40 heavy (non-hydrogen) atoms. The first-order chi connectivity index (χ1) is 19.3. The van der Waals surface area contributed by atoms with Crippen LogP contribution in [0.1, 0.15) is 75.0 Å². The SMILES string of the molecule is C=CCCOc1ccc(C2CCC(C(=O)Oc3ccc(-c4ccc(C(O)CCC)cc4)c(F)c3F)CC2)cc1F. The van der Waals surface area contributed by atoms with E-state index < -0.39 is 41.2 Å². The van der Waals surface area contributed by atoms with Crippen molar-refractivity contribution in [2.75, 3.05) is 6.61 Å². The molecular weight excluding hydrogens is 517 g/mol. The molecule has 0 bridgehead atoms. The molecule has 3 aromatic rings. The van der Waals surface area contributed by atoms with Gasteiger partial charge in [0.1, 0.15) is 0 Å². The fourth-order valence-corrected chi connectivity index (χ4v) is 5.15. The Morgan fingerprint density at radius 3 is 2.35 bits per heavy atom. The molecule has 4 rings (SSSR count). The lowest BCUT2D eigenvalue weighted by atomic mass is 9.78. The van der Waals surface area contributed by atoms with E-state index in [0.717, 1.165) is 12.0 Å². The summed E-state index contributed by atoms with van der Waals surface area (Å²) >= 11 is 0. The lowest BCUT2D eigenvalue weighted by molar-refractivity contribution is -0.140. The number of esters is 1. The molecule has 0 saturated heterocycles. The number of hydrogen-bond acceptors (Lipinski definition) is 4. The van der Waals surface area contributed by atoms with Gasteiger partial charge in [0.15, 0.2) is 23.1 Å². The van der Waals surface area contributed by atoms with Crippen molar-refractivity contribution in [2.45, 2.75) is 63.9 Å². The molecule has 1 fully saturated rings. The van der Waals surface area contributed by atoms with E-state index in [1.54, 1.807) is 36.4 Å². The van der Waals surface area contributed by atoms with Crippen LogP contribution >= 0.6 is 0 Å². The second-order valence-corrected chi connectivity index (χ2v) is 10.3. The number of rotatable bonds is 11. The van der Waals surface area contributed by atoms with Crippen molar-refractivity contribution >= 4 is 5.97 Å². The summed E-state index contributed by atoms with van der Waals surface area (Å²) in [6.45, 7) is 5.95. The summed E-state index contributed by atoms with van der Waals surface area (Å²) in [7, 11) is 0. The topological polar surface area (TPSA) is 55.8 Å². The summed E-state index contributed by atoms with van der Waals surface area (Å²) in [5.74, 6) is -3.96. The van der Waals surface area contributed by atoms with Gasteiger partial charge in [-0.2, -0.15) is 4.39 Å². The standard InChI is InChI=1S/C33H35F3O4/c1-3-5-19-39-29-17-15-25(20-27(29)34)21-7-13-24(14-8-21)33(38)40-30-18-16-26(31(35)32(30)36)22-9-11-23(12-10-22)28(37)6-4-2/h3,9-12,15-18,20-21,24,28,37H,1,4-8,13-14,19H2,2H3. The van der Waals surface area contributed by atoms with Gasteiger partial charge in [0.25, 0.3) is 0 Å². The molecule has 0 spiro atoms. The number of carbonyl (C=O) groups is 1. The van der Waals surface area contributed by atoms with E-state index in [1.807, 2.05) is 13.0 Å². The first kappa shape index (κ1) is 29.4. The smallest absolute Gasteiger partial charge is 0.314 e. The first-order valence-corrected chi connectivity index (χ1v) is 13.8. The third-order valence-electron chi connectivity index (χ3n) is 7.49. The van der Waals surface area contributed by atoms with Crippen LogP contribution in [0.4, 0.5) is 13.2 Å². The van der Waals surface area contributed by atoms with Gasteiger partial charge in [-0.1, -0.05) is 49.8 Å². The Kier molecular flexibility index (Phi) is 10.0. The van der Waals surface area contributed by atoms with Crippen molar-refractivity contribution < 1.29 is 32.5 Å². The van der Waals surface area contributed by atoms with Crippen LogP contribution in [0.2, 0.25) is 0 Å². The molecule has 4 nitrogen and oxygen atoms in total. The van der Waals surface area contributed by atoms with Crippen molar-refractivity contribution in [1.29, 1.82) is 0 Å². The summed E-state index contributed by atoms with van der Waals surface area (Å²) in [4.78, 5) is 12.8. The highest BCUT2D eigenvalue weighted by atomic mass is 19.2. The van der Waals surface area contributed by atoms with Crippen molar-refractivity contribution in [3.8, 4) is 22.6 Å². The molecule has 0 radical (unpaired) electrons. The fraction of sp³-hybridized carbons (Fsp3) is 0.364. The second-order valence-electron chi connectivity index (χ2n) is 10.3. The van der Waals surface area contributed by atoms with Crippen LogP contribution < -0.4 is 9.47 Å². The molecular formula is C33H35F3O4. The van der Waals surface area contributed by atoms with Crippen molar-refractivity contribution in [2.24, 2.45) is 5.92 Å². The Balaban J connectivity index is 1.35. The van der Waals surface area contributed by atoms with E-state index in [-0.39, 0.29) is 17.2 Å². The fourth-order valence-electron chi connectivity index (χ4n) is 5.15. The Hall–Kier alpha value is -3.58. The summed E-state index contributed by atoms with van der Waals surface area (Å²) in [5.41, 5.74) is 2.05. The van der Waals surface area contributed by atoms with Crippen LogP contribution in [0.3, 0.4) is 0 Å². The van der Waals surface area contributed by atoms with E-state index >= 15 is 0 Å². The van der Waals surface area contributed by atoms with Crippen LogP contribution in [0.15, 0.2) is 67.3 Å². The molecule has 1 aliphatic carbocycles. The van der Waals surface area contributed by atoms with E-state index in [0.29, 0.717) is 56.3 Å². The molecule has 212 valence electrons.